The van der Waals surface area contributed by atoms with Gasteiger partial charge in [-0.1, -0.05) is 0 Å². The highest BCUT2D eigenvalue weighted by molar-refractivity contribution is 7.98. The van der Waals surface area contributed by atoms with Gasteiger partial charge in [0.05, 0.1) is 0 Å². The Hall–Kier alpha value is -1.60. The van der Waals surface area contributed by atoms with Crippen LogP contribution in [0.4, 0.5) is 0 Å². The molecule has 1 aliphatic rings. The van der Waals surface area contributed by atoms with Gasteiger partial charge >= 0.3 is 0 Å². The molecule has 1 amide bonds. The largest absolute Gasteiger partial charge is 0.335 e. The number of rotatable bonds is 4. The second-order valence-electron chi connectivity index (χ2n) is 5.08. The van der Waals surface area contributed by atoms with Crippen molar-refractivity contribution in [3.05, 3.63) is 30.2 Å². The Labute approximate surface area is 128 Å². The lowest BCUT2D eigenvalue weighted by Gasteiger charge is -2.34. The molecule has 1 fully saturated rings. The Balaban J connectivity index is 1.63. The average Bonchev–Trinajstić information content (AvgIpc) is 2.96. The highest BCUT2D eigenvalue weighted by Gasteiger charge is 2.23. The number of piperazine rings is 1. The van der Waals surface area contributed by atoms with Gasteiger partial charge in [-0.15, -0.1) is 0 Å². The summed E-state index contributed by atoms with van der Waals surface area (Å²) in [6.07, 6.45) is 5.63. The summed E-state index contributed by atoms with van der Waals surface area (Å²) < 4.78 is 1.64. The van der Waals surface area contributed by atoms with Crippen LogP contribution in [0.25, 0.3) is 5.65 Å². The number of carbonyl (C=O) groups excluding carboxylic acids is 1. The molecule has 6 nitrogen and oxygen atoms in total. The first-order valence-corrected chi connectivity index (χ1v) is 8.48. The number of hydrogen-bond donors (Lipinski definition) is 0. The summed E-state index contributed by atoms with van der Waals surface area (Å²) in [4.78, 5) is 21.0. The molecule has 0 aromatic carbocycles. The molecule has 1 saturated heterocycles. The number of nitrogens with zero attached hydrogens (tertiary/aromatic N) is 5. The molecule has 0 N–H and O–H groups in total. The normalized spacial score (nSPS) is 16.5. The molecular weight excluding hydrogens is 286 g/mol. The first-order valence-electron chi connectivity index (χ1n) is 7.09. The lowest BCUT2D eigenvalue weighted by molar-refractivity contribution is 0.0638. The van der Waals surface area contributed by atoms with E-state index in [4.69, 9.17) is 0 Å². The van der Waals surface area contributed by atoms with Gasteiger partial charge in [0.15, 0.2) is 11.3 Å². The van der Waals surface area contributed by atoms with Crippen LogP contribution in [-0.2, 0) is 0 Å². The number of carbonyl (C=O) groups is 1. The zero-order chi connectivity index (χ0) is 14.7. The minimum atomic E-state index is 0.00464. The summed E-state index contributed by atoms with van der Waals surface area (Å²) in [6, 6.07) is 3.56. The van der Waals surface area contributed by atoms with E-state index in [1.807, 2.05) is 16.7 Å². The standard InChI is InChI=1S/C14H19N5OS/c1-21-10-9-17-5-7-18(8-6-17)14(20)12-11-13-15-3-2-4-19(13)16-12/h2-4,11H,5-10H2,1H3. The number of hydrogen-bond acceptors (Lipinski definition) is 5. The smallest absolute Gasteiger partial charge is 0.274 e. The fourth-order valence-corrected chi connectivity index (χ4v) is 2.93. The Bertz CT molecular complexity index is 588. The van der Waals surface area contributed by atoms with Crippen LogP contribution in [0.5, 0.6) is 0 Å². The zero-order valence-corrected chi connectivity index (χ0v) is 12.9. The fraction of sp³-hybridized carbons (Fsp3) is 0.500. The van der Waals surface area contributed by atoms with Crippen LogP contribution in [0.1, 0.15) is 10.5 Å². The average molecular weight is 305 g/mol. The molecule has 21 heavy (non-hydrogen) atoms. The third kappa shape index (κ3) is 3.19. The van der Waals surface area contributed by atoms with E-state index in [1.54, 1.807) is 29.0 Å². The van der Waals surface area contributed by atoms with Crippen LogP contribution in [-0.4, -0.2) is 75.0 Å². The van der Waals surface area contributed by atoms with Crippen LogP contribution < -0.4 is 0 Å². The van der Waals surface area contributed by atoms with Gasteiger partial charge in [-0.3, -0.25) is 9.69 Å². The van der Waals surface area contributed by atoms with Crippen molar-refractivity contribution in [2.24, 2.45) is 0 Å². The first-order chi connectivity index (χ1) is 10.3. The minimum absolute atomic E-state index is 0.00464. The molecule has 0 spiro atoms. The third-order valence-corrected chi connectivity index (χ3v) is 4.32. The van der Waals surface area contributed by atoms with Crippen molar-refractivity contribution in [1.82, 2.24) is 24.4 Å². The number of amides is 1. The second-order valence-corrected chi connectivity index (χ2v) is 6.06. The van der Waals surface area contributed by atoms with E-state index in [9.17, 15) is 4.79 Å². The van der Waals surface area contributed by atoms with E-state index in [2.05, 4.69) is 21.2 Å². The summed E-state index contributed by atoms with van der Waals surface area (Å²) in [6.45, 7) is 4.53. The summed E-state index contributed by atoms with van der Waals surface area (Å²) >= 11 is 1.86. The third-order valence-electron chi connectivity index (χ3n) is 3.73. The molecular formula is C14H19N5OS. The maximum Gasteiger partial charge on any atom is 0.274 e. The minimum Gasteiger partial charge on any atom is -0.335 e. The van der Waals surface area contributed by atoms with Gasteiger partial charge in [0, 0.05) is 56.9 Å². The van der Waals surface area contributed by atoms with Crippen molar-refractivity contribution in [3.8, 4) is 0 Å². The SMILES string of the molecule is CSCCN1CCN(C(=O)c2cc3ncccn3n2)CC1. The number of thioether (sulfide) groups is 1. The van der Waals surface area contributed by atoms with Gasteiger partial charge in [0.25, 0.3) is 5.91 Å². The molecule has 0 saturated carbocycles. The van der Waals surface area contributed by atoms with Gasteiger partial charge < -0.3 is 4.90 Å². The molecule has 7 heteroatoms. The Kier molecular flexibility index (Phi) is 4.40. The predicted molar refractivity (Wildman–Crippen MR) is 83.7 cm³/mol. The van der Waals surface area contributed by atoms with Crippen molar-refractivity contribution >= 4 is 23.3 Å². The van der Waals surface area contributed by atoms with Crippen molar-refractivity contribution in [3.63, 3.8) is 0 Å². The van der Waals surface area contributed by atoms with Crippen molar-refractivity contribution < 1.29 is 4.79 Å². The van der Waals surface area contributed by atoms with Gasteiger partial charge in [-0.25, -0.2) is 9.50 Å². The molecule has 1 aliphatic heterocycles. The Morgan fingerprint density at radius 3 is 2.86 bits per heavy atom. The summed E-state index contributed by atoms with van der Waals surface area (Å²) in [5.41, 5.74) is 1.19. The molecule has 112 valence electrons. The lowest BCUT2D eigenvalue weighted by atomic mass is 10.3. The summed E-state index contributed by atoms with van der Waals surface area (Å²) in [5.74, 6) is 1.15. The second kappa shape index (κ2) is 6.44. The first kappa shape index (κ1) is 14.3. The van der Waals surface area contributed by atoms with Gasteiger partial charge in [0.2, 0.25) is 0 Å². The molecule has 2 aromatic heterocycles. The predicted octanol–water partition coefficient (Wildman–Crippen LogP) is 0.850. The van der Waals surface area contributed by atoms with E-state index in [1.165, 1.54) is 0 Å². The van der Waals surface area contributed by atoms with Crippen molar-refractivity contribution in [2.45, 2.75) is 0 Å². The summed E-state index contributed by atoms with van der Waals surface area (Å²) in [7, 11) is 0. The molecule has 0 aliphatic carbocycles. The molecule has 2 aromatic rings. The van der Waals surface area contributed by atoms with Crippen LogP contribution in [0.2, 0.25) is 0 Å². The Morgan fingerprint density at radius 2 is 2.14 bits per heavy atom. The molecule has 3 rings (SSSR count). The monoisotopic (exact) mass is 305 g/mol. The molecule has 0 atom stereocenters. The van der Waals surface area contributed by atoms with E-state index in [-0.39, 0.29) is 5.91 Å². The Morgan fingerprint density at radius 1 is 1.33 bits per heavy atom. The van der Waals surface area contributed by atoms with Crippen molar-refractivity contribution in [1.29, 1.82) is 0 Å². The molecule has 0 radical (unpaired) electrons. The molecule has 0 unspecified atom stereocenters. The molecule has 0 bridgehead atoms. The van der Waals surface area contributed by atoms with Crippen LogP contribution >= 0.6 is 11.8 Å². The van der Waals surface area contributed by atoms with Crippen LogP contribution in [0.15, 0.2) is 24.5 Å². The fourth-order valence-electron chi connectivity index (χ4n) is 2.49. The van der Waals surface area contributed by atoms with E-state index < -0.39 is 0 Å². The van der Waals surface area contributed by atoms with E-state index >= 15 is 0 Å². The van der Waals surface area contributed by atoms with Crippen LogP contribution in [0, 0.1) is 0 Å². The van der Waals surface area contributed by atoms with Crippen molar-refractivity contribution in [2.75, 3.05) is 44.7 Å². The lowest BCUT2D eigenvalue weighted by Crippen LogP contribution is -2.49. The van der Waals surface area contributed by atoms with E-state index in [0.717, 1.165) is 38.5 Å². The van der Waals surface area contributed by atoms with Gasteiger partial charge in [0.1, 0.15) is 0 Å². The zero-order valence-electron chi connectivity index (χ0n) is 12.1. The highest BCUT2D eigenvalue weighted by Crippen LogP contribution is 2.10. The number of fused-ring (bicyclic) bond motifs is 1. The maximum atomic E-state index is 12.5. The summed E-state index contributed by atoms with van der Waals surface area (Å²) in [5, 5.41) is 4.30. The highest BCUT2D eigenvalue weighted by atomic mass is 32.2. The van der Waals surface area contributed by atoms with E-state index in [0.29, 0.717) is 11.3 Å². The topological polar surface area (TPSA) is 53.7 Å². The van der Waals surface area contributed by atoms with Gasteiger partial charge in [-0.05, 0) is 12.3 Å². The van der Waals surface area contributed by atoms with Gasteiger partial charge in [-0.2, -0.15) is 16.9 Å². The molecule has 3 heterocycles. The maximum absolute atomic E-state index is 12.5. The quantitative estimate of drug-likeness (QED) is 0.838. The number of aromatic nitrogens is 3. The van der Waals surface area contributed by atoms with Crippen LogP contribution in [0.3, 0.4) is 0 Å².